The highest BCUT2D eigenvalue weighted by molar-refractivity contribution is 5.00. The fourth-order valence-electron chi connectivity index (χ4n) is 2.43. The molecule has 0 heterocycles. The maximum Gasteiger partial charge on any atom is 0.0249 e. The summed E-state index contributed by atoms with van der Waals surface area (Å²) in [4.78, 5) is 0. The van der Waals surface area contributed by atoms with Gasteiger partial charge in [-0.05, 0) is 39.7 Å². The van der Waals surface area contributed by atoms with Crippen LogP contribution in [0.2, 0.25) is 0 Å². The number of likely N-dealkylation sites (N-methyl/N-ethyl adjacent to an activating group) is 1. The fourth-order valence-corrected chi connectivity index (χ4v) is 2.43. The second-order valence-corrected chi connectivity index (χ2v) is 4.87. The van der Waals surface area contributed by atoms with Gasteiger partial charge in [-0.1, -0.05) is 37.3 Å². The Morgan fingerprint density at radius 3 is 2.50 bits per heavy atom. The van der Waals surface area contributed by atoms with Gasteiger partial charge in [-0.15, -0.1) is 0 Å². The van der Waals surface area contributed by atoms with Crippen LogP contribution in [0.25, 0.3) is 0 Å². The predicted octanol–water partition coefficient (Wildman–Crippen LogP) is 3.51. The Kier molecular flexibility index (Phi) is 5.24. The fraction of sp³-hybridized carbons (Fsp3) is 0.846. The van der Waals surface area contributed by atoms with E-state index < -0.39 is 0 Å². The number of hydrogen-bond donors (Lipinski definition) is 1. The average molecular weight is 195 g/mol. The van der Waals surface area contributed by atoms with E-state index in [1.54, 1.807) is 0 Å². The number of nitrogens with one attached hydrogen (secondary N) is 1. The van der Waals surface area contributed by atoms with E-state index in [2.05, 4.69) is 32.3 Å². The molecule has 1 nitrogen and oxygen atoms in total. The van der Waals surface area contributed by atoms with Crippen molar-refractivity contribution in [1.29, 1.82) is 0 Å². The van der Waals surface area contributed by atoms with Gasteiger partial charge in [-0.2, -0.15) is 0 Å². The van der Waals surface area contributed by atoms with Crippen LogP contribution in [0.3, 0.4) is 0 Å². The Morgan fingerprint density at radius 1 is 1.36 bits per heavy atom. The predicted molar refractivity (Wildman–Crippen MR) is 63.5 cm³/mol. The molecule has 1 heteroatoms. The van der Waals surface area contributed by atoms with Gasteiger partial charge in [-0.25, -0.2) is 0 Å². The average Bonchev–Trinajstić information content (AvgIpc) is 2.64. The zero-order valence-corrected chi connectivity index (χ0v) is 9.97. The standard InChI is InChI=1S/C13H25N/c1-11(2)10-13(14-3)9-8-12-6-4-5-7-12/h10,12-14H,4-9H2,1-3H3. The minimum Gasteiger partial charge on any atom is -0.314 e. The molecule has 1 N–H and O–H groups in total. The summed E-state index contributed by atoms with van der Waals surface area (Å²) in [7, 11) is 2.07. The van der Waals surface area contributed by atoms with Gasteiger partial charge in [0.05, 0.1) is 0 Å². The van der Waals surface area contributed by atoms with Gasteiger partial charge >= 0.3 is 0 Å². The van der Waals surface area contributed by atoms with E-state index in [4.69, 9.17) is 0 Å². The molecule has 0 spiro atoms. The monoisotopic (exact) mass is 195 g/mol. The van der Waals surface area contributed by atoms with Gasteiger partial charge in [-0.3, -0.25) is 0 Å². The quantitative estimate of drug-likeness (QED) is 0.662. The van der Waals surface area contributed by atoms with Gasteiger partial charge in [0.15, 0.2) is 0 Å². The van der Waals surface area contributed by atoms with E-state index in [9.17, 15) is 0 Å². The summed E-state index contributed by atoms with van der Waals surface area (Å²) in [6.07, 6.45) is 11.0. The third-order valence-electron chi connectivity index (χ3n) is 3.27. The van der Waals surface area contributed by atoms with Crippen molar-refractivity contribution < 1.29 is 0 Å². The van der Waals surface area contributed by atoms with Gasteiger partial charge < -0.3 is 5.32 Å². The van der Waals surface area contributed by atoms with Crippen molar-refractivity contribution >= 4 is 0 Å². The minimum atomic E-state index is 0.598. The van der Waals surface area contributed by atoms with E-state index in [1.165, 1.54) is 44.1 Å². The zero-order valence-electron chi connectivity index (χ0n) is 9.97. The Hall–Kier alpha value is -0.300. The van der Waals surface area contributed by atoms with Gasteiger partial charge in [0, 0.05) is 6.04 Å². The van der Waals surface area contributed by atoms with Gasteiger partial charge in [0.25, 0.3) is 0 Å². The first-order valence-electron chi connectivity index (χ1n) is 6.04. The second kappa shape index (κ2) is 6.23. The highest BCUT2D eigenvalue weighted by atomic mass is 14.9. The SMILES string of the molecule is CNC(C=C(C)C)CCC1CCCC1. The molecule has 1 rings (SSSR count). The van der Waals surface area contributed by atoms with Crippen molar-refractivity contribution in [2.75, 3.05) is 7.05 Å². The molecule has 0 aromatic heterocycles. The number of hydrogen-bond acceptors (Lipinski definition) is 1. The van der Waals surface area contributed by atoms with Crippen molar-refractivity contribution in [2.24, 2.45) is 5.92 Å². The van der Waals surface area contributed by atoms with Crippen LogP contribution in [0.5, 0.6) is 0 Å². The van der Waals surface area contributed by atoms with Crippen LogP contribution in [0.15, 0.2) is 11.6 Å². The first kappa shape index (κ1) is 11.8. The summed E-state index contributed by atoms with van der Waals surface area (Å²) in [5, 5.41) is 3.38. The third kappa shape index (κ3) is 4.28. The summed E-state index contributed by atoms with van der Waals surface area (Å²) in [5.74, 6) is 1.02. The van der Waals surface area contributed by atoms with Crippen molar-refractivity contribution in [1.82, 2.24) is 5.32 Å². The molecule has 1 aliphatic carbocycles. The molecular formula is C13H25N. The molecule has 1 fully saturated rings. The van der Waals surface area contributed by atoms with E-state index in [0.717, 1.165) is 5.92 Å². The summed E-state index contributed by atoms with van der Waals surface area (Å²) >= 11 is 0. The van der Waals surface area contributed by atoms with Crippen LogP contribution >= 0.6 is 0 Å². The maximum atomic E-state index is 3.38. The number of rotatable bonds is 5. The van der Waals surface area contributed by atoms with E-state index >= 15 is 0 Å². The van der Waals surface area contributed by atoms with Crippen LogP contribution in [-0.4, -0.2) is 13.1 Å². The molecular weight excluding hydrogens is 170 g/mol. The lowest BCUT2D eigenvalue weighted by atomic mass is 9.98. The molecule has 1 saturated carbocycles. The lowest BCUT2D eigenvalue weighted by Gasteiger charge is -2.15. The van der Waals surface area contributed by atoms with E-state index in [1.807, 2.05) is 0 Å². The summed E-state index contributed by atoms with van der Waals surface area (Å²) in [5.41, 5.74) is 1.43. The summed E-state index contributed by atoms with van der Waals surface area (Å²) in [6.45, 7) is 4.36. The zero-order chi connectivity index (χ0) is 10.4. The van der Waals surface area contributed by atoms with Crippen LogP contribution in [0.4, 0.5) is 0 Å². The maximum absolute atomic E-state index is 3.38. The molecule has 0 aromatic rings. The highest BCUT2D eigenvalue weighted by Gasteiger charge is 2.15. The molecule has 14 heavy (non-hydrogen) atoms. The first-order chi connectivity index (χ1) is 6.72. The first-order valence-corrected chi connectivity index (χ1v) is 6.04. The molecule has 0 radical (unpaired) electrons. The molecule has 82 valence electrons. The molecule has 1 unspecified atom stereocenters. The molecule has 0 aliphatic heterocycles. The third-order valence-corrected chi connectivity index (χ3v) is 3.27. The Labute approximate surface area is 89.0 Å². The Morgan fingerprint density at radius 2 is 2.00 bits per heavy atom. The normalized spacial score (nSPS) is 19.6. The largest absolute Gasteiger partial charge is 0.314 e. The van der Waals surface area contributed by atoms with Crippen LogP contribution in [0, 0.1) is 5.92 Å². The van der Waals surface area contributed by atoms with Gasteiger partial charge in [0.2, 0.25) is 0 Å². The van der Waals surface area contributed by atoms with Crippen molar-refractivity contribution in [2.45, 2.75) is 58.4 Å². The lowest BCUT2D eigenvalue weighted by molar-refractivity contribution is 0.450. The van der Waals surface area contributed by atoms with Crippen LogP contribution < -0.4 is 5.32 Å². The summed E-state index contributed by atoms with van der Waals surface area (Å²) in [6, 6.07) is 0.598. The lowest BCUT2D eigenvalue weighted by Crippen LogP contribution is -2.23. The minimum absolute atomic E-state index is 0.598. The topological polar surface area (TPSA) is 12.0 Å². The molecule has 0 aromatic carbocycles. The molecule has 0 amide bonds. The molecule has 1 atom stereocenters. The van der Waals surface area contributed by atoms with Crippen LogP contribution in [0.1, 0.15) is 52.4 Å². The van der Waals surface area contributed by atoms with Crippen molar-refractivity contribution in [3.05, 3.63) is 11.6 Å². The van der Waals surface area contributed by atoms with E-state index in [-0.39, 0.29) is 0 Å². The second-order valence-electron chi connectivity index (χ2n) is 4.87. The number of allylic oxidation sites excluding steroid dienone is 1. The van der Waals surface area contributed by atoms with Crippen molar-refractivity contribution in [3.8, 4) is 0 Å². The molecule has 1 aliphatic rings. The van der Waals surface area contributed by atoms with E-state index in [0.29, 0.717) is 6.04 Å². The Balaban J connectivity index is 2.22. The highest BCUT2D eigenvalue weighted by Crippen LogP contribution is 2.29. The smallest absolute Gasteiger partial charge is 0.0249 e. The molecule has 0 saturated heterocycles. The Bertz CT molecular complexity index is 174. The summed E-state index contributed by atoms with van der Waals surface area (Å²) < 4.78 is 0. The van der Waals surface area contributed by atoms with Crippen LogP contribution in [-0.2, 0) is 0 Å². The van der Waals surface area contributed by atoms with Gasteiger partial charge in [0.1, 0.15) is 0 Å². The molecule has 0 bridgehead atoms. The van der Waals surface area contributed by atoms with Crippen molar-refractivity contribution in [3.63, 3.8) is 0 Å².